The van der Waals surface area contributed by atoms with Crippen LogP contribution in [0.1, 0.15) is 11.1 Å². The second-order valence-corrected chi connectivity index (χ2v) is 10.9. The van der Waals surface area contributed by atoms with Crippen LogP contribution < -0.4 is 0 Å². The number of benzene rings is 2. The van der Waals surface area contributed by atoms with E-state index in [2.05, 4.69) is 54.6 Å². The molecule has 182 valence electrons. The highest BCUT2D eigenvalue weighted by atomic mass is 32.2. The van der Waals surface area contributed by atoms with Crippen molar-refractivity contribution in [2.75, 3.05) is 13.1 Å². The first kappa shape index (κ1) is 21.8. The van der Waals surface area contributed by atoms with Gasteiger partial charge in [-0.2, -0.15) is 20.1 Å². The molecule has 0 N–H and O–H groups in total. The van der Waals surface area contributed by atoms with Gasteiger partial charge in [0.15, 0.2) is 5.03 Å². The molecule has 3 aromatic heterocycles. The zero-order valence-electron chi connectivity index (χ0n) is 20.0. The Labute approximate surface area is 211 Å². The molecule has 2 aliphatic rings. The lowest BCUT2D eigenvalue weighted by Gasteiger charge is -2.24. The highest BCUT2D eigenvalue weighted by Crippen LogP contribution is 2.66. The molecular formula is C26H25FN8S. The van der Waals surface area contributed by atoms with Gasteiger partial charge in [0.2, 0.25) is 0 Å². The molecule has 0 bridgehead atoms. The number of hydrogen-bond donors (Lipinski definition) is 0. The Kier molecular flexibility index (Phi) is 4.84. The van der Waals surface area contributed by atoms with E-state index in [4.69, 9.17) is 0 Å². The van der Waals surface area contributed by atoms with Crippen LogP contribution in [0.25, 0.3) is 16.6 Å². The Bertz CT molecular complexity index is 1560. The van der Waals surface area contributed by atoms with Crippen molar-refractivity contribution >= 4 is 22.9 Å². The zero-order chi connectivity index (χ0) is 24.4. The summed E-state index contributed by atoms with van der Waals surface area (Å²) in [7, 11) is 1.85. The van der Waals surface area contributed by atoms with Crippen LogP contribution in [0.3, 0.4) is 0 Å². The van der Waals surface area contributed by atoms with Crippen LogP contribution in [0.4, 0.5) is 4.39 Å². The van der Waals surface area contributed by atoms with E-state index in [-0.39, 0.29) is 11.2 Å². The van der Waals surface area contributed by atoms with Gasteiger partial charge in [-0.05, 0) is 84.3 Å². The SMILES string of the molecule is Cc1cc2c(cnn2-c2ccc(F)cc2)cc1C12CN(Sc3cnn(C)n3)CC1C2Cn1cccn1. The Morgan fingerprint density at radius 3 is 2.72 bits per heavy atom. The van der Waals surface area contributed by atoms with Crippen molar-refractivity contribution in [2.24, 2.45) is 18.9 Å². The first-order chi connectivity index (χ1) is 17.5. The van der Waals surface area contributed by atoms with Crippen molar-refractivity contribution in [1.29, 1.82) is 0 Å². The molecule has 4 heterocycles. The van der Waals surface area contributed by atoms with E-state index in [1.165, 1.54) is 23.3 Å². The van der Waals surface area contributed by atoms with Gasteiger partial charge in [0, 0.05) is 49.9 Å². The number of aromatic nitrogens is 7. The molecule has 3 atom stereocenters. The summed E-state index contributed by atoms with van der Waals surface area (Å²) in [6.45, 7) is 5.06. The third kappa shape index (κ3) is 3.39. The van der Waals surface area contributed by atoms with E-state index >= 15 is 0 Å². The fourth-order valence-electron chi connectivity index (χ4n) is 6.13. The Morgan fingerprint density at radius 1 is 1.11 bits per heavy atom. The predicted octanol–water partition coefficient (Wildman–Crippen LogP) is 4.00. The summed E-state index contributed by atoms with van der Waals surface area (Å²) in [6.07, 6.45) is 7.64. The molecule has 1 saturated carbocycles. The third-order valence-corrected chi connectivity index (χ3v) is 8.68. The van der Waals surface area contributed by atoms with Crippen molar-refractivity contribution in [3.05, 3.63) is 84.2 Å². The maximum atomic E-state index is 13.5. The van der Waals surface area contributed by atoms with Gasteiger partial charge in [-0.25, -0.2) is 13.4 Å². The standard InChI is InChI=1S/C26H25FN8S/c1-17-10-24-18(12-30-35(24)20-6-4-19(27)5-7-20)11-21(17)26-16-34(36-25-13-29-32(2)31-25)15-23(26)22(26)14-33-9-3-8-28-33/h3-13,22-23H,14-16H2,1-2H3. The second kappa shape index (κ2) is 8.01. The van der Waals surface area contributed by atoms with Crippen LogP contribution in [0.15, 0.2) is 72.3 Å². The molecule has 10 heteroatoms. The van der Waals surface area contributed by atoms with Crippen LogP contribution in [-0.2, 0) is 19.0 Å². The van der Waals surface area contributed by atoms with Crippen LogP contribution in [0, 0.1) is 24.6 Å². The minimum Gasteiger partial charge on any atom is -0.272 e. The maximum absolute atomic E-state index is 13.5. The van der Waals surface area contributed by atoms with E-state index in [0.29, 0.717) is 11.8 Å². The zero-order valence-corrected chi connectivity index (χ0v) is 20.8. The monoisotopic (exact) mass is 500 g/mol. The van der Waals surface area contributed by atoms with Gasteiger partial charge in [0.05, 0.1) is 23.6 Å². The fraction of sp³-hybridized carbons (Fsp3) is 0.308. The van der Waals surface area contributed by atoms with Crippen molar-refractivity contribution < 1.29 is 4.39 Å². The summed E-state index contributed by atoms with van der Waals surface area (Å²) >= 11 is 1.69. The van der Waals surface area contributed by atoms with E-state index in [9.17, 15) is 4.39 Å². The van der Waals surface area contributed by atoms with E-state index in [1.807, 2.05) is 36.4 Å². The number of nitrogens with zero attached hydrogens (tertiary/aromatic N) is 8. The average Bonchev–Trinajstić information content (AvgIpc) is 3.49. The summed E-state index contributed by atoms with van der Waals surface area (Å²) in [5.74, 6) is 0.800. The van der Waals surface area contributed by atoms with Gasteiger partial charge in [-0.1, -0.05) is 0 Å². The molecule has 36 heavy (non-hydrogen) atoms. The number of fused-ring (bicyclic) bond motifs is 2. The van der Waals surface area contributed by atoms with Gasteiger partial charge in [0.1, 0.15) is 5.82 Å². The molecule has 0 amide bonds. The first-order valence-electron chi connectivity index (χ1n) is 12.0. The average molecular weight is 501 g/mol. The maximum Gasteiger partial charge on any atom is 0.153 e. The number of piperidine rings is 1. The lowest BCUT2D eigenvalue weighted by Crippen LogP contribution is -2.26. The normalized spacial score (nSPS) is 23.4. The summed E-state index contributed by atoms with van der Waals surface area (Å²) < 4.78 is 19.9. The molecule has 8 nitrogen and oxygen atoms in total. The Morgan fingerprint density at radius 2 is 1.97 bits per heavy atom. The predicted molar refractivity (Wildman–Crippen MR) is 135 cm³/mol. The molecule has 0 radical (unpaired) electrons. The van der Waals surface area contributed by atoms with Crippen molar-refractivity contribution in [1.82, 2.24) is 38.9 Å². The molecule has 1 aliphatic heterocycles. The quantitative estimate of drug-likeness (QED) is 0.328. The van der Waals surface area contributed by atoms with Crippen LogP contribution in [0.2, 0.25) is 0 Å². The van der Waals surface area contributed by atoms with Crippen LogP contribution in [0.5, 0.6) is 0 Å². The highest BCUT2D eigenvalue weighted by molar-refractivity contribution is 7.97. The van der Waals surface area contributed by atoms with Crippen molar-refractivity contribution in [3.8, 4) is 5.69 Å². The summed E-state index contributed by atoms with van der Waals surface area (Å²) in [5.41, 5.74) is 4.58. The van der Waals surface area contributed by atoms with Crippen molar-refractivity contribution in [3.63, 3.8) is 0 Å². The lowest BCUT2D eigenvalue weighted by molar-refractivity contribution is 0.398. The Balaban J connectivity index is 1.25. The third-order valence-electron chi connectivity index (χ3n) is 7.77. The van der Waals surface area contributed by atoms with Gasteiger partial charge >= 0.3 is 0 Å². The minimum atomic E-state index is -0.249. The van der Waals surface area contributed by atoms with E-state index in [0.717, 1.165) is 41.3 Å². The number of halogens is 1. The number of aryl methyl sites for hydroxylation is 2. The first-order valence-corrected chi connectivity index (χ1v) is 12.8. The molecule has 7 rings (SSSR count). The smallest absolute Gasteiger partial charge is 0.153 e. The van der Waals surface area contributed by atoms with Gasteiger partial charge in [-0.15, -0.1) is 5.10 Å². The molecule has 3 unspecified atom stereocenters. The van der Waals surface area contributed by atoms with Gasteiger partial charge in [0.25, 0.3) is 0 Å². The second-order valence-electron chi connectivity index (χ2n) is 9.83. The van der Waals surface area contributed by atoms with Crippen LogP contribution in [-0.4, -0.2) is 51.9 Å². The molecule has 1 aliphatic carbocycles. The van der Waals surface area contributed by atoms with Gasteiger partial charge in [-0.3, -0.25) is 4.68 Å². The number of rotatable bonds is 6. The number of hydrogen-bond acceptors (Lipinski definition) is 6. The highest BCUT2D eigenvalue weighted by Gasteiger charge is 2.70. The molecule has 2 aromatic carbocycles. The van der Waals surface area contributed by atoms with E-state index < -0.39 is 0 Å². The van der Waals surface area contributed by atoms with Gasteiger partial charge < -0.3 is 0 Å². The van der Waals surface area contributed by atoms with Crippen molar-refractivity contribution in [2.45, 2.75) is 23.9 Å². The molecule has 0 spiro atoms. The van der Waals surface area contributed by atoms with Crippen LogP contribution >= 0.6 is 11.9 Å². The largest absolute Gasteiger partial charge is 0.272 e. The minimum absolute atomic E-state index is 0.0530. The molecule has 5 aromatic rings. The fourth-order valence-corrected chi connectivity index (χ4v) is 7.16. The summed E-state index contributed by atoms with van der Waals surface area (Å²) in [4.78, 5) is 1.60. The van der Waals surface area contributed by atoms with E-state index in [1.54, 1.807) is 28.9 Å². The molecule has 1 saturated heterocycles. The topological polar surface area (TPSA) is 69.6 Å². The summed E-state index contributed by atoms with van der Waals surface area (Å²) in [5, 5.41) is 19.8. The molecule has 2 fully saturated rings. The summed E-state index contributed by atoms with van der Waals surface area (Å²) in [6, 6.07) is 13.0. The molecular weight excluding hydrogens is 475 g/mol. The lowest BCUT2D eigenvalue weighted by atomic mass is 9.88. The Hall–Kier alpha value is -3.50.